The van der Waals surface area contributed by atoms with Gasteiger partial charge in [0.2, 0.25) is 5.91 Å². The van der Waals surface area contributed by atoms with Crippen LogP contribution < -0.4 is 5.32 Å². The molecule has 0 radical (unpaired) electrons. The highest BCUT2D eigenvalue weighted by molar-refractivity contribution is 7.91. The van der Waals surface area contributed by atoms with Crippen LogP contribution in [0.3, 0.4) is 0 Å². The Morgan fingerprint density at radius 3 is 2.67 bits per heavy atom. The fraction of sp³-hybridized carbons (Fsp3) is 0.389. The van der Waals surface area contributed by atoms with E-state index in [0.717, 1.165) is 10.4 Å². The van der Waals surface area contributed by atoms with Gasteiger partial charge in [-0.3, -0.25) is 4.79 Å². The number of benzene rings is 1. The molecule has 1 aromatic heterocycles. The second-order valence-electron chi connectivity index (χ2n) is 6.11. The molecule has 2 aromatic rings. The number of carbonyl (C=O) groups excluding carboxylic acids is 1. The van der Waals surface area contributed by atoms with E-state index in [1.165, 1.54) is 15.6 Å². The van der Waals surface area contributed by atoms with E-state index in [1.807, 2.05) is 18.2 Å². The number of hydrogen-bond donors (Lipinski definition) is 1. The average Bonchev–Trinajstić information content (AvgIpc) is 3.16. The van der Waals surface area contributed by atoms with Gasteiger partial charge in [0.15, 0.2) is 0 Å². The number of ether oxygens (including phenoxy) is 1. The number of halogens is 1. The van der Waals surface area contributed by atoms with Crippen molar-refractivity contribution in [3.8, 4) is 0 Å². The van der Waals surface area contributed by atoms with Gasteiger partial charge in [0.25, 0.3) is 10.0 Å². The van der Waals surface area contributed by atoms with Crippen molar-refractivity contribution in [2.75, 3.05) is 26.3 Å². The smallest absolute Gasteiger partial charge is 0.252 e. The maximum atomic E-state index is 12.6. The van der Waals surface area contributed by atoms with E-state index in [1.54, 1.807) is 18.2 Å². The molecule has 146 valence electrons. The Morgan fingerprint density at radius 1 is 1.19 bits per heavy atom. The van der Waals surface area contributed by atoms with Crippen molar-refractivity contribution >= 4 is 38.9 Å². The molecule has 0 aliphatic carbocycles. The first-order valence-corrected chi connectivity index (χ1v) is 11.3. The zero-order chi connectivity index (χ0) is 19.3. The maximum Gasteiger partial charge on any atom is 0.252 e. The van der Waals surface area contributed by atoms with Crippen molar-refractivity contribution in [1.82, 2.24) is 9.62 Å². The molecule has 9 heteroatoms. The molecule has 0 atom stereocenters. The van der Waals surface area contributed by atoms with Crippen LogP contribution in [-0.4, -0.2) is 44.9 Å². The van der Waals surface area contributed by atoms with Crippen LogP contribution in [-0.2, 0) is 32.5 Å². The van der Waals surface area contributed by atoms with Crippen LogP contribution in [0.25, 0.3) is 0 Å². The van der Waals surface area contributed by atoms with Gasteiger partial charge in [0, 0.05) is 29.4 Å². The SMILES string of the molecule is O=C(CCc1ccccc1Cl)NCc1ccc(S(=O)(=O)N2CCOCC2)s1. The molecular weight excluding hydrogens is 408 g/mol. The largest absolute Gasteiger partial charge is 0.379 e. The number of amides is 1. The minimum atomic E-state index is -3.49. The summed E-state index contributed by atoms with van der Waals surface area (Å²) in [5, 5.41) is 3.49. The average molecular weight is 429 g/mol. The van der Waals surface area contributed by atoms with Gasteiger partial charge >= 0.3 is 0 Å². The van der Waals surface area contributed by atoms with Crippen molar-refractivity contribution in [2.45, 2.75) is 23.6 Å². The van der Waals surface area contributed by atoms with E-state index in [2.05, 4.69) is 5.32 Å². The molecule has 3 rings (SSSR count). The predicted octanol–water partition coefficient (Wildman–Crippen LogP) is 2.67. The molecule has 1 aliphatic rings. The van der Waals surface area contributed by atoms with Gasteiger partial charge in [0.1, 0.15) is 4.21 Å². The Bertz CT molecular complexity index is 892. The third-order valence-electron chi connectivity index (χ3n) is 4.24. The number of rotatable bonds is 7. The van der Waals surface area contributed by atoms with Gasteiger partial charge in [-0.15, -0.1) is 11.3 Å². The maximum absolute atomic E-state index is 12.6. The van der Waals surface area contributed by atoms with Crippen molar-refractivity contribution < 1.29 is 17.9 Å². The zero-order valence-electron chi connectivity index (χ0n) is 14.7. The Hall–Kier alpha value is -1.45. The highest BCUT2D eigenvalue weighted by atomic mass is 35.5. The molecule has 6 nitrogen and oxygen atoms in total. The molecule has 27 heavy (non-hydrogen) atoms. The first-order chi connectivity index (χ1) is 13.0. The van der Waals surface area contributed by atoms with Crippen LogP contribution in [0.15, 0.2) is 40.6 Å². The van der Waals surface area contributed by atoms with Gasteiger partial charge in [0.05, 0.1) is 19.8 Å². The summed E-state index contributed by atoms with van der Waals surface area (Å²) in [6, 6.07) is 10.8. The van der Waals surface area contributed by atoms with Gasteiger partial charge in [-0.1, -0.05) is 29.8 Å². The molecule has 1 saturated heterocycles. The fourth-order valence-corrected chi connectivity index (χ4v) is 5.82. The van der Waals surface area contributed by atoms with Crippen molar-refractivity contribution in [2.24, 2.45) is 0 Å². The normalized spacial score (nSPS) is 15.6. The molecule has 0 spiro atoms. The minimum Gasteiger partial charge on any atom is -0.379 e. The first-order valence-electron chi connectivity index (χ1n) is 8.63. The fourth-order valence-electron chi connectivity index (χ4n) is 2.73. The lowest BCUT2D eigenvalue weighted by atomic mass is 10.1. The first kappa shape index (κ1) is 20.3. The lowest BCUT2D eigenvalue weighted by Gasteiger charge is -2.25. The van der Waals surface area contributed by atoms with E-state index in [4.69, 9.17) is 16.3 Å². The molecule has 0 saturated carbocycles. The van der Waals surface area contributed by atoms with Crippen LogP contribution in [0.5, 0.6) is 0 Å². The Labute approximate surface area is 168 Å². The Kier molecular flexibility index (Phi) is 6.88. The van der Waals surface area contributed by atoms with Crippen molar-refractivity contribution in [1.29, 1.82) is 0 Å². The second-order valence-corrected chi connectivity index (χ2v) is 9.85. The summed E-state index contributed by atoms with van der Waals surface area (Å²) >= 11 is 7.28. The van der Waals surface area contributed by atoms with Crippen molar-refractivity contribution in [3.63, 3.8) is 0 Å². The van der Waals surface area contributed by atoms with Gasteiger partial charge in [-0.2, -0.15) is 4.31 Å². The zero-order valence-corrected chi connectivity index (χ0v) is 17.1. The summed E-state index contributed by atoms with van der Waals surface area (Å²) in [6.45, 7) is 1.88. The minimum absolute atomic E-state index is 0.0964. The molecule has 1 fully saturated rings. The molecule has 2 heterocycles. The summed E-state index contributed by atoms with van der Waals surface area (Å²) in [6.07, 6.45) is 0.890. The summed E-state index contributed by atoms with van der Waals surface area (Å²) in [4.78, 5) is 12.9. The summed E-state index contributed by atoms with van der Waals surface area (Å²) in [7, 11) is -3.49. The number of aryl methyl sites for hydroxylation is 1. The number of hydrogen-bond acceptors (Lipinski definition) is 5. The lowest BCUT2D eigenvalue weighted by Crippen LogP contribution is -2.40. The van der Waals surface area contributed by atoms with Crippen LogP contribution in [0.1, 0.15) is 16.9 Å². The van der Waals surface area contributed by atoms with Crippen LogP contribution in [0, 0.1) is 0 Å². The standard InChI is InChI=1S/C18H21ClN2O4S2/c19-16-4-2-1-3-14(16)5-7-17(22)20-13-15-6-8-18(26-15)27(23,24)21-9-11-25-12-10-21/h1-4,6,8H,5,7,9-13H2,(H,20,22). The summed E-state index contributed by atoms with van der Waals surface area (Å²) in [5.41, 5.74) is 0.935. The molecular formula is C18H21ClN2O4S2. The lowest BCUT2D eigenvalue weighted by molar-refractivity contribution is -0.121. The number of nitrogens with zero attached hydrogens (tertiary/aromatic N) is 1. The second kappa shape index (κ2) is 9.16. The Balaban J connectivity index is 1.52. The monoisotopic (exact) mass is 428 g/mol. The topological polar surface area (TPSA) is 75.7 Å². The van der Waals surface area contributed by atoms with Crippen LogP contribution in [0.2, 0.25) is 5.02 Å². The number of carbonyl (C=O) groups is 1. The number of morpholine rings is 1. The van der Waals surface area contributed by atoms with Crippen LogP contribution in [0.4, 0.5) is 0 Å². The van der Waals surface area contributed by atoms with E-state index in [0.29, 0.717) is 54.9 Å². The molecule has 1 aliphatic heterocycles. The van der Waals surface area contributed by atoms with E-state index in [9.17, 15) is 13.2 Å². The van der Waals surface area contributed by atoms with E-state index >= 15 is 0 Å². The van der Waals surface area contributed by atoms with Crippen LogP contribution >= 0.6 is 22.9 Å². The number of sulfonamides is 1. The molecule has 0 unspecified atom stereocenters. The third-order valence-corrected chi connectivity index (χ3v) is 8.06. The van der Waals surface area contributed by atoms with Gasteiger partial charge < -0.3 is 10.1 Å². The molecule has 1 aromatic carbocycles. The van der Waals surface area contributed by atoms with Gasteiger partial charge in [-0.25, -0.2) is 8.42 Å². The van der Waals surface area contributed by atoms with E-state index in [-0.39, 0.29) is 5.91 Å². The molecule has 1 N–H and O–H groups in total. The van der Waals surface area contributed by atoms with Gasteiger partial charge in [-0.05, 0) is 30.2 Å². The Morgan fingerprint density at radius 2 is 1.93 bits per heavy atom. The predicted molar refractivity (Wildman–Crippen MR) is 106 cm³/mol. The number of thiophene rings is 1. The number of nitrogens with one attached hydrogen (secondary N) is 1. The summed E-state index contributed by atoms with van der Waals surface area (Å²) in [5.74, 6) is -0.0964. The highest BCUT2D eigenvalue weighted by Crippen LogP contribution is 2.25. The highest BCUT2D eigenvalue weighted by Gasteiger charge is 2.27. The molecule has 0 bridgehead atoms. The third kappa shape index (κ3) is 5.30. The summed E-state index contributed by atoms with van der Waals surface area (Å²) < 4.78 is 32.2. The van der Waals surface area contributed by atoms with E-state index < -0.39 is 10.0 Å². The molecule has 1 amide bonds. The van der Waals surface area contributed by atoms with Crippen molar-refractivity contribution in [3.05, 3.63) is 51.9 Å². The quantitative estimate of drug-likeness (QED) is 0.735.